The average molecular weight is 266 g/mol. The highest BCUT2D eigenvalue weighted by molar-refractivity contribution is 6.83. The summed E-state index contributed by atoms with van der Waals surface area (Å²) in [5.41, 5.74) is 2.75. The van der Waals surface area contributed by atoms with E-state index in [1.54, 1.807) is 0 Å². The van der Waals surface area contributed by atoms with E-state index >= 15 is 0 Å². The second kappa shape index (κ2) is 6.89. The Kier molecular flexibility index (Phi) is 6.55. The SMILES string of the molecule is CCC(C)(C)C(=O)C(=O)CCCC#C[Si](C)(C)C. The lowest BCUT2D eigenvalue weighted by Crippen LogP contribution is -2.30. The molecule has 0 saturated carbocycles. The zero-order valence-electron chi connectivity index (χ0n) is 12.6. The van der Waals surface area contributed by atoms with Crippen LogP contribution in [0.3, 0.4) is 0 Å². The number of Topliss-reactive ketones (excluding diaryl/α,β-unsaturated/α-hetero) is 2. The van der Waals surface area contributed by atoms with E-state index in [1.165, 1.54) is 0 Å². The first-order valence-corrected chi connectivity index (χ1v) is 10.2. The fraction of sp³-hybridized carbons (Fsp3) is 0.733. The lowest BCUT2D eigenvalue weighted by atomic mass is 9.82. The molecule has 0 aliphatic heterocycles. The molecule has 0 unspecified atom stereocenters. The van der Waals surface area contributed by atoms with Crippen molar-refractivity contribution >= 4 is 19.6 Å². The summed E-state index contributed by atoms with van der Waals surface area (Å²) in [6.45, 7) is 12.2. The summed E-state index contributed by atoms with van der Waals surface area (Å²) in [5.74, 6) is 2.65. The predicted molar refractivity (Wildman–Crippen MR) is 79.1 cm³/mol. The van der Waals surface area contributed by atoms with Gasteiger partial charge in [-0.3, -0.25) is 9.59 Å². The fourth-order valence-electron chi connectivity index (χ4n) is 1.32. The molecule has 0 fully saturated rings. The lowest BCUT2D eigenvalue weighted by Gasteiger charge is -2.19. The molecule has 102 valence electrons. The summed E-state index contributed by atoms with van der Waals surface area (Å²) in [6.07, 6.45) is 2.45. The third-order valence-corrected chi connectivity index (χ3v) is 3.85. The Balaban J connectivity index is 4.13. The van der Waals surface area contributed by atoms with Crippen LogP contribution in [0.2, 0.25) is 19.6 Å². The van der Waals surface area contributed by atoms with Gasteiger partial charge in [0.1, 0.15) is 8.07 Å². The Bertz CT molecular complexity index is 364. The molecule has 0 aromatic rings. The Morgan fingerprint density at radius 2 is 1.72 bits per heavy atom. The molecule has 0 aromatic carbocycles. The number of ketones is 2. The van der Waals surface area contributed by atoms with Crippen LogP contribution in [0.1, 0.15) is 46.5 Å². The monoisotopic (exact) mass is 266 g/mol. The number of unbranched alkanes of at least 4 members (excludes halogenated alkanes) is 1. The number of carbonyl (C=O) groups excluding carboxylic acids is 2. The first kappa shape index (κ1) is 17.1. The van der Waals surface area contributed by atoms with Crippen molar-refractivity contribution in [1.29, 1.82) is 0 Å². The normalized spacial score (nSPS) is 11.7. The zero-order valence-corrected chi connectivity index (χ0v) is 13.6. The van der Waals surface area contributed by atoms with E-state index in [2.05, 4.69) is 31.1 Å². The molecule has 18 heavy (non-hydrogen) atoms. The summed E-state index contributed by atoms with van der Waals surface area (Å²) < 4.78 is 0. The molecular weight excluding hydrogens is 240 g/mol. The quantitative estimate of drug-likeness (QED) is 0.318. The molecule has 0 radical (unpaired) electrons. The molecule has 2 nitrogen and oxygen atoms in total. The van der Waals surface area contributed by atoms with Gasteiger partial charge in [-0.25, -0.2) is 0 Å². The van der Waals surface area contributed by atoms with Crippen LogP contribution in [0.4, 0.5) is 0 Å². The van der Waals surface area contributed by atoms with Gasteiger partial charge in [0.2, 0.25) is 5.78 Å². The predicted octanol–water partition coefficient (Wildman–Crippen LogP) is 3.61. The van der Waals surface area contributed by atoms with Gasteiger partial charge in [-0.05, 0) is 12.8 Å². The van der Waals surface area contributed by atoms with Crippen molar-refractivity contribution < 1.29 is 9.59 Å². The Morgan fingerprint density at radius 3 is 2.17 bits per heavy atom. The molecule has 0 rings (SSSR count). The molecule has 0 bridgehead atoms. The molecule has 0 N–H and O–H groups in total. The van der Waals surface area contributed by atoms with E-state index < -0.39 is 13.5 Å². The number of hydrogen-bond acceptors (Lipinski definition) is 2. The number of hydrogen-bond donors (Lipinski definition) is 0. The summed E-state index contributed by atoms with van der Waals surface area (Å²) in [6, 6.07) is 0. The van der Waals surface area contributed by atoms with Crippen LogP contribution in [0.5, 0.6) is 0 Å². The van der Waals surface area contributed by atoms with Gasteiger partial charge in [0.05, 0.1) is 0 Å². The molecule has 0 aliphatic rings. The highest BCUT2D eigenvalue weighted by Gasteiger charge is 2.30. The molecule has 0 heterocycles. The average Bonchev–Trinajstić information content (AvgIpc) is 2.25. The standard InChI is InChI=1S/C15H26O2Si/c1-7-15(2,3)14(17)13(16)11-9-8-10-12-18(4,5)6/h7-9,11H2,1-6H3. The van der Waals surface area contributed by atoms with Crippen molar-refractivity contribution in [3.63, 3.8) is 0 Å². The second-order valence-electron chi connectivity index (χ2n) is 6.40. The molecule has 0 spiro atoms. The maximum atomic E-state index is 11.8. The van der Waals surface area contributed by atoms with Gasteiger partial charge in [-0.15, -0.1) is 11.5 Å². The van der Waals surface area contributed by atoms with Gasteiger partial charge >= 0.3 is 0 Å². The highest BCUT2D eigenvalue weighted by Crippen LogP contribution is 2.22. The summed E-state index contributed by atoms with van der Waals surface area (Å²) in [4.78, 5) is 23.6. The third kappa shape index (κ3) is 6.76. The van der Waals surface area contributed by atoms with Gasteiger partial charge in [0, 0.05) is 18.3 Å². The Morgan fingerprint density at radius 1 is 1.17 bits per heavy atom. The minimum atomic E-state index is -1.30. The summed E-state index contributed by atoms with van der Waals surface area (Å²) >= 11 is 0. The van der Waals surface area contributed by atoms with Crippen molar-refractivity contribution in [2.45, 2.75) is 66.1 Å². The summed E-state index contributed by atoms with van der Waals surface area (Å²) in [7, 11) is -1.30. The van der Waals surface area contributed by atoms with Crippen LogP contribution >= 0.6 is 0 Å². The maximum Gasteiger partial charge on any atom is 0.203 e. The maximum absolute atomic E-state index is 11.8. The van der Waals surface area contributed by atoms with Crippen LogP contribution in [-0.2, 0) is 9.59 Å². The van der Waals surface area contributed by atoms with Crippen LogP contribution in [-0.4, -0.2) is 19.6 Å². The molecular formula is C15H26O2Si. The lowest BCUT2D eigenvalue weighted by molar-refractivity contribution is -0.141. The van der Waals surface area contributed by atoms with Crippen molar-refractivity contribution in [3.8, 4) is 11.5 Å². The van der Waals surface area contributed by atoms with Crippen LogP contribution in [0.25, 0.3) is 0 Å². The van der Waals surface area contributed by atoms with Gasteiger partial charge in [-0.1, -0.05) is 40.4 Å². The van der Waals surface area contributed by atoms with Crippen LogP contribution in [0, 0.1) is 16.9 Å². The van der Waals surface area contributed by atoms with E-state index in [4.69, 9.17) is 0 Å². The van der Waals surface area contributed by atoms with E-state index in [1.807, 2.05) is 20.8 Å². The first-order valence-electron chi connectivity index (χ1n) is 6.68. The van der Waals surface area contributed by atoms with Crippen molar-refractivity contribution in [3.05, 3.63) is 0 Å². The molecule has 0 saturated heterocycles. The minimum absolute atomic E-state index is 0.233. The Labute approximate surface area is 113 Å². The van der Waals surface area contributed by atoms with Crippen molar-refractivity contribution in [2.24, 2.45) is 5.41 Å². The fourth-order valence-corrected chi connectivity index (χ4v) is 1.97. The van der Waals surface area contributed by atoms with Gasteiger partial charge in [-0.2, -0.15) is 0 Å². The van der Waals surface area contributed by atoms with Crippen molar-refractivity contribution in [2.75, 3.05) is 0 Å². The molecule has 0 aromatic heterocycles. The van der Waals surface area contributed by atoms with Gasteiger partial charge < -0.3 is 0 Å². The second-order valence-corrected chi connectivity index (χ2v) is 11.1. The van der Waals surface area contributed by atoms with Crippen molar-refractivity contribution in [1.82, 2.24) is 0 Å². The number of carbonyl (C=O) groups is 2. The van der Waals surface area contributed by atoms with E-state index in [0.717, 1.165) is 6.42 Å². The van der Waals surface area contributed by atoms with E-state index in [-0.39, 0.29) is 11.6 Å². The minimum Gasteiger partial charge on any atom is -0.291 e. The molecule has 3 heteroatoms. The largest absolute Gasteiger partial charge is 0.291 e. The highest BCUT2D eigenvalue weighted by atomic mass is 28.3. The van der Waals surface area contributed by atoms with E-state index in [9.17, 15) is 9.59 Å². The number of rotatable bonds is 6. The Hall–Kier alpha value is -0.883. The molecule has 0 atom stereocenters. The first-order chi connectivity index (χ1) is 8.10. The summed E-state index contributed by atoms with van der Waals surface area (Å²) in [5, 5.41) is 0. The topological polar surface area (TPSA) is 34.1 Å². The van der Waals surface area contributed by atoms with E-state index in [0.29, 0.717) is 19.3 Å². The molecule has 0 amide bonds. The van der Waals surface area contributed by atoms with Crippen LogP contribution < -0.4 is 0 Å². The van der Waals surface area contributed by atoms with Gasteiger partial charge in [0.25, 0.3) is 0 Å². The smallest absolute Gasteiger partial charge is 0.203 e. The van der Waals surface area contributed by atoms with Crippen LogP contribution in [0.15, 0.2) is 0 Å². The third-order valence-electron chi connectivity index (χ3n) is 2.92. The zero-order chi connectivity index (χ0) is 14.4. The van der Waals surface area contributed by atoms with Gasteiger partial charge in [0.15, 0.2) is 5.78 Å². The molecule has 0 aliphatic carbocycles.